The van der Waals surface area contributed by atoms with E-state index in [0.29, 0.717) is 6.42 Å². The first kappa shape index (κ1) is 17.7. The summed E-state index contributed by atoms with van der Waals surface area (Å²) < 4.78 is 26.1. The van der Waals surface area contributed by atoms with Gasteiger partial charge < -0.3 is 9.88 Å². The Labute approximate surface area is 128 Å². The Morgan fingerprint density at radius 1 is 1.38 bits per heavy atom. The van der Waals surface area contributed by atoms with Crippen molar-refractivity contribution in [1.82, 2.24) is 14.2 Å². The second-order valence-corrected chi connectivity index (χ2v) is 6.98. The number of carbonyl (C=O) groups is 1. The zero-order chi connectivity index (χ0) is 16.2. The lowest BCUT2D eigenvalue weighted by atomic mass is 10.4. The van der Waals surface area contributed by atoms with Crippen molar-refractivity contribution in [2.75, 3.05) is 27.2 Å². The number of likely N-dealkylation sites (N-methyl/N-ethyl adjacent to an activating group) is 1. The van der Waals surface area contributed by atoms with Gasteiger partial charge >= 0.3 is 0 Å². The van der Waals surface area contributed by atoms with Crippen LogP contribution < -0.4 is 5.56 Å². The molecule has 0 aliphatic carbocycles. The van der Waals surface area contributed by atoms with Gasteiger partial charge in [0.25, 0.3) is 5.56 Å². The molecule has 1 aromatic rings. The number of carbonyl (C=O) groups excluding carboxylic acids is 1. The number of rotatable bonds is 6. The van der Waals surface area contributed by atoms with Gasteiger partial charge in [-0.3, -0.25) is 9.59 Å². The Hall–Kier alpha value is -1.38. The highest BCUT2D eigenvalue weighted by Gasteiger charge is 2.27. The molecule has 21 heavy (non-hydrogen) atoms. The molecule has 0 aliphatic heterocycles. The van der Waals surface area contributed by atoms with Crippen LogP contribution >= 0.6 is 11.6 Å². The van der Waals surface area contributed by atoms with E-state index in [4.69, 9.17) is 11.6 Å². The lowest BCUT2D eigenvalue weighted by Crippen LogP contribution is -2.40. The highest BCUT2D eigenvalue weighted by atomic mass is 35.5. The van der Waals surface area contributed by atoms with Crippen molar-refractivity contribution in [2.24, 2.45) is 0 Å². The topological polar surface area (TPSA) is 90.6 Å². The number of aromatic nitrogens is 1. The molecule has 0 spiro atoms. The van der Waals surface area contributed by atoms with Crippen LogP contribution in [0.5, 0.6) is 0 Å². The van der Waals surface area contributed by atoms with E-state index in [1.807, 2.05) is 6.92 Å². The number of sulfonamides is 1. The summed E-state index contributed by atoms with van der Waals surface area (Å²) in [4.78, 5) is 26.4. The number of nitrogens with zero attached hydrogens (tertiary/aromatic N) is 2. The normalized spacial score (nSPS) is 11.7. The summed E-state index contributed by atoms with van der Waals surface area (Å²) in [6.45, 7) is 1.74. The number of pyridine rings is 1. The summed E-state index contributed by atoms with van der Waals surface area (Å²) in [6, 6.07) is 1.08. The minimum atomic E-state index is -3.90. The third-order valence-corrected chi connectivity index (χ3v) is 4.86. The van der Waals surface area contributed by atoms with Crippen molar-refractivity contribution in [3.8, 4) is 0 Å². The van der Waals surface area contributed by atoms with Gasteiger partial charge in [-0.25, -0.2) is 8.42 Å². The van der Waals surface area contributed by atoms with Crippen LogP contribution in [-0.2, 0) is 14.8 Å². The summed E-state index contributed by atoms with van der Waals surface area (Å²) in [6.07, 6.45) is 1.63. The maximum Gasteiger partial charge on any atom is 0.266 e. The Morgan fingerprint density at radius 2 is 2.00 bits per heavy atom. The fourth-order valence-electron chi connectivity index (χ4n) is 1.56. The van der Waals surface area contributed by atoms with E-state index in [2.05, 4.69) is 4.98 Å². The lowest BCUT2D eigenvalue weighted by Gasteiger charge is -2.22. The Balaban J connectivity index is 3.18. The van der Waals surface area contributed by atoms with E-state index in [-0.39, 0.29) is 28.9 Å². The smallest absolute Gasteiger partial charge is 0.266 e. The number of aromatic amines is 1. The largest absolute Gasteiger partial charge is 0.348 e. The third-order valence-electron chi connectivity index (χ3n) is 2.75. The standard InChI is InChI=1S/C12H18ClN3O4S/c1-4-5-16(8-11(17)15(2)3)21(19,20)9-6-10(13)12(18)14-7-9/h6-7H,4-5,8H2,1-3H3,(H,14,18). The van der Waals surface area contributed by atoms with Crippen molar-refractivity contribution < 1.29 is 13.2 Å². The molecule has 0 aliphatic rings. The number of hydrogen-bond donors (Lipinski definition) is 1. The highest BCUT2D eigenvalue weighted by Crippen LogP contribution is 2.17. The minimum absolute atomic E-state index is 0.146. The summed E-state index contributed by atoms with van der Waals surface area (Å²) in [7, 11) is -0.797. The maximum atomic E-state index is 12.5. The monoisotopic (exact) mass is 335 g/mol. The molecule has 1 N–H and O–H groups in total. The quantitative estimate of drug-likeness (QED) is 0.820. The lowest BCUT2D eigenvalue weighted by molar-refractivity contribution is -0.128. The third kappa shape index (κ3) is 4.29. The van der Waals surface area contributed by atoms with Gasteiger partial charge in [-0.15, -0.1) is 0 Å². The first-order valence-electron chi connectivity index (χ1n) is 6.28. The molecule has 0 aromatic carbocycles. The summed E-state index contributed by atoms with van der Waals surface area (Å²) in [5.41, 5.74) is -0.568. The minimum Gasteiger partial charge on any atom is -0.348 e. The van der Waals surface area contributed by atoms with Gasteiger partial charge in [0.2, 0.25) is 15.9 Å². The highest BCUT2D eigenvalue weighted by molar-refractivity contribution is 7.89. The second kappa shape index (κ2) is 7.06. The molecule has 0 atom stereocenters. The van der Waals surface area contributed by atoms with Crippen LogP contribution in [0.3, 0.4) is 0 Å². The number of H-pyrrole nitrogens is 1. The van der Waals surface area contributed by atoms with Crippen molar-refractivity contribution in [1.29, 1.82) is 0 Å². The van der Waals surface area contributed by atoms with Gasteiger partial charge in [0.15, 0.2) is 0 Å². The Morgan fingerprint density at radius 3 is 2.48 bits per heavy atom. The van der Waals surface area contributed by atoms with Crippen LogP contribution in [0.2, 0.25) is 5.02 Å². The van der Waals surface area contributed by atoms with E-state index >= 15 is 0 Å². The van der Waals surface area contributed by atoms with E-state index in [1.54, 1.807) is 14.1 Å². The van der Waals surface area contributed by atoms with Gasteiger partial charge in [0.05, 0.1) is 11.4 Å². The number of hydrogen-bond acceptors (Lipinski definition) is 4. The molecular weight excluding hydrogens is 318 g/mol. The molecular formula is C12H18ClN3O4S. The molecule has 0 radical (unpaired) electrons. The molecule has 7 nitrogen and oxygen atoms in total. The molecule has 1 amide bonds. The average molecular weight is 336 g/mol. The zero-order valence-electron chi connectivity index (χ0n) is 12.1. The predicted octanol–water partition coefficient (Wildman–Crippen LogP) is 0.517. The second-order valence-electron chi connectivity index (χ2n) is 4.64. The molecule has 118 valence electrons. The SMILES string of the molecule is CCCN(CC(=O)N(C)C)S(=O)(=O)c1c[nH]c(=O)c(Cl)c1. The van der Waals surface area contributed by atoms with E-state index in [9.17, 15) is 18.0 Å². The van der Waals surface area contributed by atoms with Crippen molar-refractivity contribution >= 4 is 27.5 Å². The van der Waals surface area contributed by atoms with Crippen LogP contribution in [-0.4, -0.2) is 55.7 Å². The van der Waals surface area contributed by atoms with Gasteiger partial charge in [-0.05, 0) is 12.5 Å². The number of nitrogens with one attached hydrogen (secondary N) is 1. The van der Waals surface area contributed by atoms with Crippen molar-refractivity contribution in [3.63, 3.8) is 0 Å². The number of halogens is 1. The molecule has 1 rings (SSSR count). The summed E-state index contributed by atoms with van der Waals surface area (Å²) >= 11 is 5.66. The first-order valence-corrected chi connectivity index (χ1v) is 8.10. The molecule has 1 heterocycles. The van der Waals surface area contributed by atoms with E-state index in [0.717, 1.165) is 16.6 Å². The van der Waals surface area contributed by atoms with Crippen molar-refractivity contribution in [3.05, 3.63) is 27.6 Å². The fourth-order valence-corrected chi connectivity index (χ4v) is 3.27. The van der Waals surface area contributed by atoms with Crippen LogP contribution in [0.15, 0.2) is 22.0 Å². The zero-order valence-corrected chi connectivity index (χ0v) is 13.7. The molecule has 0 bridgehead atoms. The summed E-state index contributed by atoms with van der Waals surface area (Å²) in [5.74, 6) is -0.331. The average Bonchev–Trinajstić information content (AvgIpc) is 2.40. The molecule has 0 fully saturated rings. The predicted molar refractivity (Wildman–Crippen MR) is 79.8 cm³/mol. The molecule has 1 aromatic heterocycles. The van der Waals surface area contributed by atoms with Gasteiger partial charge in [-0.1, -0.05) is 18.5 Å². The van der Waals surface area contributed by atoms with Gasteiger partial charge in [0.1, 0.15) is 5.02 Å². The Kier molecular flexibility index (Phi) is 5.94. The summed E-state index contributed by atoms with van der Waals surface area (Å²) in [5, 5.41) is -0.216. The van der Waals surface area contributed by atoms with Gasteiger partial charge in [0, 0.05) is 26.8 Å². The molecule has 0 unspecified atom stereocenters. The maximum absolute atomic E-state index is 12.5. The number of amides is 1. The van der Waals surface area contributed by atoms with Crippen LogP contribution in [0, 0.1) is 0 Å². The Bertz CT molecular complexity index is 669. The van der Waals surface area contributed by atoms with E-state index < -0.39 is 15.6 Å². The molecule has 0 saturated carbocycles. The molecule has 9 heteroatoms. The van der Waals surface area contributed by atoms with Crippen LogP contribution in [0.4, 0.5) is 0 Å². The first-order chi connectivity index (χ1) is 9.70. The fraction of sp³-hybridized carbons (Fsp3) is 0.500. The van der Waals surface area contributed by atoms with Gasteiger partial charge in [-0.2, -0.15) is 4.31 Å². The van der Waals surface area contributed by atoms with Crippen molar-refractivity contribution in [2.45, 2.75) is 18.2 Å². The van der Waals surface area contributed by atoms with Crippen LogP contribution in [0.25, 0.3) is 0 Å². The molecule has 0 saturated heterocycles. The van der Waals surface area contributed by atoms with E-state index in [1.165, 1.54) is 4.90 Å². The van der Waals surface area contributed by atoms with Crippen LogP contribution in [0.1, 0.15) is 13.3 Å².